The zero-order valence-corrected chi connectivity index (χ0v) is 22.8. The smallest absolute Gasteiger partial charge is 0.217 e. The van der Waals surface area contributed by atoms with Crippen molar-refractivity contribution in [1.29, 1.82) is 0 Å². The van der Waals surface area contributed by atoms with Crippen LogP contribution in [0, 0.1) is 5.41 Å². The molecule has 2 heterocycles. The first-order valence-corrected chi connectivity index (χ1v) is 13.9. The number of likely N-dealkylation sites (N-methyl/N-ethyl adjacent to an activating group) is 1. The van der Waals surface area contributed by atoms with Gasteiger partial charge in [0.1, 0.15) is 11.9 Å². The highest BCUT2D eigenvalue weighted by Crippen LogP contribution is 2.45. The lowest BCUT2D eigenvalue weighted by molar-refractivity contribution is -0.143. The molecule has 8 heteroatoms. The molecule has 2 N–H and O–H groups in total. The number of allylic oxidation sites excluding steroid dienone is 1. The van der Waals surface area contributed by atoms with Gasteiger partial charge < -0.3 is 15.4 Å². The predicted molar refractivity (Wildman–Crippen MR) is 145 cm³/mol. The van der Waals surface area contributed by atoms with Gasteiger partial charge in [-0.15, -0.1) is 0 Å². The normalized spacial score (nSPS) is 26.8. The molecule has 2 saturated carbocycles. The number of nitrogens with two attached hydrogens (primary N) is 1. The molecule has 1 spiro atoms. The summed E-state index contributed by atoms with van der Waals surface area (Å²) in [6, 6.07) is 2.23. The lowest BCUT2D eigenvalue weighted by Gasteiger charge is -2.38. The Morgan fingerprint density at radius 1 is 1.27 bits per heavy atom. The second-order valence-electron chi connectivity index (χ2n) is 11.1. The van der Waals surface area contributed by atoms with Crippen LogP contribution in [0.4, 0.5) is 0 Å². The van der Waals surface area contributed by atoms with Crippen LogP contribution in [0.15, 0.2) is 24.4 Å². The van der Waals surface area contributed by atoms with Gasteiger partial charge in [-0.25, -0.2) is 4.98 Å². The minimum Gasteiger partial charge on any atom is -0.473 e. The maximum Gasteiger partial charge on any atom is 0.217 e. The number of carbonyl (C=O) groups excluding carboxylic acids is 2. The van der Waals surface area contributed by atoms with E-state index in [9.17, 15) is 9.59 Å². The van der Waals surface area contributed by atoms with Gasteiger partial charge in [0.05, 0.1) is 11.1 Å². The monoisotopic (exact) mass is 509 g/mol. The van der Waals surface area contributed by atoms with Crippen molar-refractivity contribution in [3.63, 3.8) is 0 Å². The number of rotatable bonds is 9. The van der Waals surface area contributed by atoms with Crippen LogP contribution >= 0.6 is 0 Å². The van der Waals surface area contributed by atoms with Crippen molar-refractivity contribution in [3.8, 4) is 5.88 Å². The molecule has 3 aliphatic rings. The van der Waals surface area contributed by atoms with Gasteiger partial charge >= 0.3 is 0 Å². The maximum atomic E-state index is 13.7. The number of aryl methyl sites for hydroxylation is 1. The Morgan fingerprint density at radius 3 is 2.76 bits per heavy atom. The number of hydrogen-bond donors (Lipinski definition) is 1. The number of ketones is 2. The van der Waals surface area contributed by atoms with Gasteiger partial charge in [-0.2, -0.15) is 4.98 Å². The average Bonchev–Trinajstić information content (AvgIpc) is 3.32. The summed E-state index contributed by atoms with van der Waals surface area (Å²) in [6.45, 7) is 7.81. The fourth-order valence-corrected chi connectivity index (χ4v) is 6.25. The molecular formula is C29H43N5O3. The van der Waals surface area contributed by atoms with Crippen molar-refractivity contribution in [2.24, 2.45) is 11.1 Å². The standard InChI is InChI=1S/C29H43N5O3/c1-5-33(3)17-9-11-21-19-25(37-20(2)23-13-10-18-34(23)4)32-28(31-21)26(30)22-12-8-16-29(27(22)36)15-7-6-14-24(29)35/h5,19-20,23H,1,6-18,30H2,2-4H3/t20-,23-,29+/m0/s1. The Labute approximate surface area is 221 Å². The van der Waals surface area contributed by atoms with Crippen molar-refractivity contribution in [2.75, 3.05) is 27.2 Å². The van der Waals surface area contributed by atoms with Crippen LogP contribution in [-0.4, -0.2) is 70.7 Å². The largest absolute Gasteiger partial charge is 0.473 e. The Balaban J connectivity index is 1.64. The zero-order valence-electron chi connectivity index (χ0n) is 22.8. The first kappa shape index (κ1) is 27.3. The SMILES string of the molecule is C=CN(C)CCCc1cc(O[C@@H](C)[C@@H]2CCCN2C)nc(C(N)=C2CCC[C@@]3(CCCCC3=O)C2=O)n1. The molecule has 37 heavy (non-hydrogen) atoms. The number of hydrogen-bond acceptors (Lipinski definition) is 8. The van der Waals surface area contributed by atoms with Gasteiger partial charge in [0.2, 0.25) is 5.88 Å². The van der Waals surface area contributed by atoms with E-state index in [-0.39, 0.29) is 17.7 Å². The second-order valence-corrected chi connectivity index (χ2v) is 11.1. The molecule has 1 saturated heterocycles. The van der Waals surface area contributed by atoms with Gasteiger partial charge in [0.15, 0.2) is 11.6 Å². The highest BCUT2D eigenvalue weighted by molar-refractivity contribution is 6.17. The first-order valence-electron chi connectivity index (χ1n) is 13.9. The summed E-state index contributed by atoms with van der Waals surface area (Å²) in [5.74, 6) is 0.791. The van der Waals surface area contributed by atoms with Crippen molar-refractivity contribution < 1.29 is 14.3 Å². The van der Waals surface area contributed by atoms with E-state index in [0.29, 0.717) is 54.7 Å². The van der Waals surface area contributed by atoms with Gasteiger partial charge in [-0.1, -0.05) is 13.0 Å². The van der Waals surface area contributed by atoms with Crippen LogP contribution in [0.2, 0.25) is 0 Å². The third-order valence-electron chi connectivity index (χ3n) is 8.53. The van der Waals surface area contributed by atoms with Gasteiger partial charge in [0, 0.05) is 43.4 Å². The molecule has 0 aromatic carbocycles. The number of nitrogens with zero attached hydrogens (tertiary/aromatic N) is 4. The van der Waals surface area contributed by atoms with E-state index < -0.39 is 5.41 Å². The summed E-state index contributed by atoms with van der Waals surface area (Å²) in [6.07, 6.45) is 10.4. The Bertz CT molecular complexity index is 1050. The molecule has 3 fully saturated rings. The molecule has 0 radical (unpaired) electrons. The van der Waals surface area contributed by atoms with Crippen molar-refractivity contribution >= 4 is 17.3 Å². The molecule has 1 aliphatic heterocycles. The Hall–Kier alpha value is -2.74. The van der Waals surface area contributed by atoms with Crippen LogP contribution in [-0.2, 0) is 16.0 Å². The van der Waals surface area contributed by atoms with Crippen molar-refractivity contribution in [3.05, 3.63) is 35.9 Å². The van der Waals surface area contributed by atoms with Crippen LogP contribution < -0.4 is 10.5 Å². The average molecular weight is 510 g/mol. The molecule has 0 bridgehead atoms. The molecule has 8 nitrogen and oxygen atoms in total. The predicted octanol–water partition coefficient (Wildman–Crippen LogP) is 3.90. The number of likely N-dealkylation sites (tertiary alicyclic amines) is 1. The highest BCUT2D eigenvalue weighted by atomic mass is 16.5. The fraction of sp³-hybridized carbons (Fsp3) is 0.655. The first-order chi connectivity index (χ1) is 17.7. The molecular weight excluding hydrogens is 466 g/mol. The second kappa shape index (κ2) is 11.8. The minimum absolute atomic E-state index is 0.0386. The summed E-state index contributed by atoms with van der Waals surface area (Å²) < 4.78 is 6.35. The zero-order chi connectivity index (χ0) is 26.6. The fourth-order valence-electron chi connectivity index (χ4n) is 6.25. The third kappa shape index (κ3) is 5.89. The Morgan fingerprint density at radius 2 is 2.05 bits per heavy atom. The summed E-state index contributed by atoms with van der Waals surface area (Å²) >= 11 is 0. The van der Waals surface area contributed by atoms with Crippen LogP contribution in [0.25, 0.3) is 5.70 Å². The number of carbonyl (C=O) groups is 2. The summed E-state index contributed by atoms with van der Waals surface area (Å²) in [4.78, 5) is 40.4. The molecule has 202 valence electrons. The van der Waals surface area contributed by atoms with Crippen LogP contribution in [0.1, 0.15) is 82.7 Å². The van der Waals surface area contributed by atoms with E-state index in [1.807, 2.05) is 18.0 Å². The quantitative estimate of drug-likeness (QED) is 0.395. The van der Waals surface area contributed by atoms with E-state index >= 15 is 0 Å². The van der Waals surface area contributed by atoms with Gasteiger partial charge in [-0.05, 0) is 84.5 Å². The third-order valence-corrected chi connectivity index (χ3v) is 8.53. The number of aromatic nitrogens is 2. The summed E-state index contributed by atoms with van der Waals surface area (Å²) in [7, 11) is 4.12. The van der Waals surface area contributed by atoms with E-state index in [4.69, 9.17) is 20.4 Å². The van der Waals surface area contributed by atoms with Crippen LogP contribution in [0.3, 0.4) is 0 Å². The van der Waals surface area contributed by atoms with E-state index in [1.54, 1.807) is 6.20 Å². The van der Waals surface area contributed by atoms with Crippen LogP contribution in [0.5, 0.6) is 5.88 Å². The summed E-state index contributed by atoms with van der Waals surface area (Å²) in [5, 5.41) is 0. The molecule has 0 unspecified atom stereocenters. The Kier molecular flexibility index (Phi) is 8.67. The van der Waals surface area contributed by atoms with Crippen molar-refractivity contribution in [1.82, 2.24) is 19.8 Å². The molecule has 3 atom stereocenters. The lowest BCUT2D eigenvalue weighted by Crippen LogP contribution is -2.45. The summed E-state index contributed by atoms with van der Waals surface area (Å²) in [5.41, 5.74) is 7.39. The number of ether oxygens (including phenoxy) is 1. The number of Topliss-reactive ketones (excluding diaryl/α,β-unsaturated/α-hetero) is 2. The van der Waals surface area contributed by atoms with E-state index in [0.717, 1.165) is 63.7 Å². The maximum absolute atomic E-state index is 13.7. The van der Waals surface area contributed by atoms with E-state index in [2.05, 4.69) is 25.5 Å². The topological polar surface area (TPSA) is 102 Å². The molecule has 1 aromatic heterocycles. The highest BCUT2D eigenvalue weighted by Gasteiger charge is 2.49. The van der Waals surface area contributed by atoms with Gasteiger partial charge in [-0.3, -0.25) is 14.5 Å². The lowest BCUT2D eigenvalue weighted by atomic mass is 9.62. The van der Waals surface area contributed by atoms with E-state index in [1.165, 1.54) is 0 Å². The van der Waals surface area contributed by atoms with Crippen molar-refractivity contribution in [2.45, 2.75) is 89.7 Å². The molecule has 4 rings (SSSR count). The minimum atomic E-state index is -0.899. The molecule has 2 aliphatic carbocycles. The molecule has 0 amide bonds. The van der Waals surface area contributed by atoms with Gasteiger partial charge in [0.25, 0.3) is 0 Å². The molecule has 1 aromatic rings.